The molecule has 0 bridgehead atoms. The summed E-state index contributed by atoms with van der Waals surface area (Å²) in [6, 6.07) is 0. The summed E-state index contributed by atoms with van der Waals surface area (Å²) in [6.45, 7) is 2.78. The largest absolute Gasteiger partial charge is 0.368 e. The summed E-state index contributed by atoms with van der Waals surface area (Å²) in [7, 11) is 1.40. The van der Waals surface area contributed by atoms with Gasteiger partial charge in [0.15, 0.2) is 12.2 Å². The predicted octanol–water partition coefficient (Wildman–Crippen LogP) is -0.495. The topological polar surface area (TPSA) is 85.1 Å². The first-order valence-corrected chi connectivity index (χ1v) is 7.15. The van der Waals surface area contributed by atoms with Gasteiger partial charge in [0.25, 0.3) is 11.8 Å². The molecule has 2 fully saturated rings. The zero-order valence-corrected chi connectivity index (χ0v) is 11.9. The molecule has 0 saturated carbocycles. The number of methoxy groups -OCH3 is 1. The molecule has 2 aliphatic heterocycles. The van der Waals surface area contributed by atoms with Crippen LogP contribution in [0.5, 0.6) is 0 Å². The van der Waals surface area contributed by atoms with Crippen LogP contribution in [0.25, 0.3) is 0 Å². The van der Waals surface area contributed by atoms with Gasteiger partial charge in [0.05, 0.1) is 0 Å². The molecule has 2 atom stereocenters. The van der Waals surface area contributed by atoms with E-state index in [2.05, 4.69) is 0 Å². The highest BCUT2D eigenvalue weighted by Crippen LogP contribution is 2.17. The first-order chi connectivity index (χ1) is 9.69. The van der Waals surface area contributed by atoms with Crippen molar-refractivity contribution >= 4 is 11.8 Å². The fourth-order valence-corrected chi connectivity index (χ4v) is 2.85. The maximum Gasteiger partial charge on any atom is 0.257 e. The summed E-state index contributed by atoms with van der Waals surface area (Å²) < 4.78 is 5.21. The van der Waals surface area contributed by atoms with Crippen molar-refractivity contribution in [3.05, 3.63) is 0 Å². The quantitative estimate of drug-likeness (QED) is 0.689. The Bertz CT molecular complexity index is 318. The van der Waals surface area contributed by atoms with Crippen LogP contribution in [0.4, 0.5) is 0 Å². The number of hydrogen-bond donors (Lipinski definition) is 1. The zero-order valence-electron chi connectivity index (χ0n) is 11.9. The molecule has 2 N–H and O–H groups in total. The summed E-state index contributed by atoms with van der Waals surface area (Å²) in [4.78, 5) is 32.9. The second kappa shape index (κ2) is 7.01. The van der Waals surface area contributed by atoms with Crippen molar-refractivity contribution in [1.29, 1.82) is 0 Å². The van der Waals surface area contributed by atoms with Gasteiger partial charge in [0, 0.05) is 33.3 Å². The Hall–Kier alpha value is -1.18. The lowest BCUT2D eigenvalue weighted by molar-refractivity contribution is -0.165. The summed E-state index contributed by atoms with van der Waals surface area (Å²) in [5.41, 5.74) is 0. The second-order valence-electron chi connectivity index (χ2n) is 5.28. The Morgan fingerprint density at radius 2 is 1.30 bits per heavy atom. The normalized spacial score (nSPS) is 22.1. The molecule has 2 saturated heterocycles. The number of hydrogen-bond acceptors (Lipinski definition) is 5. The highest BCUT2D eigenvalue weighted by atomic mass is 16.6. The minimum Gasteiger partial charge on any atom is -0.368 e. The zero-order chi connectivity index (χ0) is 14.5. The van der Waals surface area contributed by atoms with E-state index in [1.54, 1.807) is 9.80 Å². The van der Waals surface area contributed by atoms with E-state index in [9.17, 15) is 9.59 Å². The standard InChI is InChI=1S/C13H23N3O4/c1-19-10(12(17)15-6-2-3-7-15)11(20-14)13(18)16-8-4-5-9-16/h10-11H,2-9,14H2,1H3. The lowest BCUT2D eigenvalue weighted by Crippen LogP contribution is -2.53. The van der Waals surface area contributed by atoms with Crippen molar-refractivity contribution < 1.29 is 19.2 Å². The molecule has 2 aliphatic rings. The van der Waals surface area contributed by atoms with Gasteiger partial charge in [-0.2, -0.15) is 0 Å². The van der Waals surface area contributed by atoms with Crippen molar-refractivity contribution in [3.63, 3.8) is 0 Å². The maximum atomic E-state index is 12.4. The van der Waals surface area contributed by atoms with Gasteiger partial charge in [-0.3, -0.25) is 14.4 Å². The van der Waals surface area contributed by atoms with E-state index >= 15 is 0 Å². The summed E-state index contributed by atoms with van der Waals surface area (Å²) in [5, 5.41) is 0. The molecule has 2 unspecified atom stereocenters. The van der Waals surface area contributed by atoms with E-state index in [-0.39, 0.29) is 11.8 Å². The lowest BCUT2D eigenvalue weighted by Gasteiger charge is -2.29. The molecule has 7 heteroatoms. The van der Waals surface area contributed by atoms with Gasteiger partial charge in [-0.05, 0) is 25.7 Å². The van der Waals surface area contributed by atoms with Crippen LogP contribution in [0.3, 0.4) is 0 Å². The third-order valence-electron chi connectivity index (χ3n) is 4.00. The minimum atomic E-state index is -1.06. The summed E-state index contributed by atoms with van der Waals surface area (Å²) in [5.74, 6) is 4.78. The highest BCUT2D eigenvalue weighted by Gasteiger charge is 2.40. The molecule has 0 aliphatic carbocycles. The van der Waals surface area contributed by atoms with Crippen LogP contribution in [0.1, 0.15) is 25.7 Å². The molecular weight excluding hydrogens is 262 g/mol. The Labute approximate surface area is 118 Å². The Kier molecular flexibility index (Phi) is 5.33. The van der Waals surface area contributed by atoms with E-state index in [0.717, 1.165) is 25.7 Å². The third-order valence-corrected chi connectivity index (χ3v) is 4.00. The van der Waals surface area contributed by atoms with Crippen LogP contribution < -0.4 is 5.90 Å². The van der Waals surface area contributed by atoms with Crippen molar-refractivity contribution in [2.75, 3.05) is 33.3 Å². The van der Waals surface area contributed by atoms with E-state index in [4.69, 9.17) is 15.5 Å². The first kappa shape index (κ1) is 15.2. The fraction of sp³-hybridized carbons (Fsp3) is 0.846. The van der Waals surface area contributed by atoms with Crippen molar-refractivity contribution in [2.45, 2.75) is 37.9 Å². The highest BCUT2D eigenvalue weighted by molar-refractivity contribution is 5.91. The molecular formula is C13H23N3O4. The van der Waals surface area contributed by atoms with Gasteiger partial charge in [-0.25, -0.2) is 5.90 Å². The van der Waals surface area contributed by atoms with Gasteiger partial charge >= 0.3 is 0 Å². The van der Waals surface area contributed by atoms with Crippen LogP contribution in [0.15, 0.2) is 0 Å². The van der Waals surface area contributed by atoms with Crippen molar-refractivity contribution in [3.8, 4) is 0 Å². The smallest absolute Gasteiger partial charge is 0.257 e. The molecule has 0 aromatic carbocycles. The molecule has 2 heterocycles. The fourth-order valence-electron chi connectivity index (χ4n) is 2.85. The predicted molar refractivity (Wildman–Crippen MR) is 71.5 cm³/mol. The number of likely N-dealkylation sites (tertiary alicyclic amines) is 2. The number of ether oxygens (including phenoxy) is 1. The van der Waals surface area contributed by atoms with E-state index in [1.165, 1.54) is 7.11 Å². The molecule has 0 aromatic heterocycles. The first-order valence-electron chi connectivity index (χ1n) is 7.15. The molecule has 2 rings (SSSR count). The van der Waals surface area contributed by atoms with Crippen LogP contribution in [-0.4, -0.2) is 67.1 Å². The van der Waals surface area contributed by atoms with E-state index < -0.39 is 12.2 Å². The number of amides is 2. The van der Waals surface area contributed by atoms with E-state index in [0.29, 0.717) is 26.2 Å². The number of rotatable bonds is 5. The molecule has 7 nitrogen and oxygen atoms in total. The molecule has 114 valence electrons. The molecule has 2 amide bonds. The van der Waals surface area contributed by atoms with Gasteiger partial charge in [0.2, 0.25) is 0 Å². The number of nitrogens with zero attached hydrogens (tertiary/aromatic N) is 2. The third kappa shape index (κ3) is 3.11. The number of carbonyl (C=O) groups excluding carboxylic acids is 2. The van der Waals surface area contributed by atoms with Crippen LogP contribution >= 0.6 is 0 Å². The van der Waals surface area contributed by atoms with Gasteiger partial charge in [-0.15, -0.1) is 0 Å². The minimum absolute atomic E-state index is 0.215. The molecule has 0 radical (unpaired) electrons. The monoisotopic (exact) mass is 285 g/mol. The lowest BCUT2D eigenvalue weighted by atomic mass is 10.1. The van der Waals surface area contributed by atoms with Crippen molar-refractivity contribution in [1.82, 2.24) is 9.80 Å². The Balaban J connectivity index is 2.05. The average Bonchev–Trinajstić information content (AvgIpc) is 3.15. The van der Waals surface area contributed by atoms with Crippen LogP contribution in [0.2, 0.25) is 0 Å². The van der Waals surface area contributed by atoms with Crippen molar-refractivity contribution in [2.24, 2.45) is 5.90 Å². The second-order valence-corrected chi connectivity index (χ2v) is 5.28. The SMILES string of the molecule is COC(C(=O)N1CCCC1)C(ON)C(=O)N1CCCC1. The number of carbonyl (C=O) groups is 2. The summed E-state index contributed by atoms with van der Waals surface area (Å²) >= 11 is 0. The molecule has 0 aromatic rings. The Morgan fingerprint density at radius 1 is 0.900 bits per heavy atom. The molecule has 20 heavy (non-hydrogen) atoms. The van der Waals surface area contributed by atoms with E-state index in [1.807, 2.05) is 0 Å². The average molecular weight is 285 g/mol. The van der Waals surface area contributed by atoms with Gasteiger partial charge in [0.1, 0.15) is 0 Å². The van der Waals surface area contributed by atoms with Crippen LogP contribution in [-0.2, 0) is 19.2 Å². The molecule has 0 spiro atoms. The maximum absolute atomic E-state index is 12.4. The van der Waals surface area contributed by atoms with Gasteiger partial charge in [-0.1, -0.05) is 0 Å². The van der Waals surface area contributed by atoms with Gasteiger partial charge < -0.3 is 14.5 Å². The number of nitrogens with two attached hydrogens (primary N) is 1. The summed E-state index contributed by atoms with van der Waals surface area (Å²) in [6.07, 6.45) is 1.88. The van der Waals surface area contributed by atoms with Crippen LogP contribution in [0, 0.1) is 0 Å². The Morgan fingerprint density at radius 3 is 1.65 bits per heavy atom.